The van der Waals surface area contributed by atoms with Crippen LogP contribution in [-0.2, 0) is 15.2 Å². The van der Waals surface area contributed by atoms with Crippen molar-refractivity contribution in [2.24, 2.45) is 17.4 Å². The van der Waals surface area contributed by atoms with Gasteiger partial charge in [-0.25, -0.2) is 4.98 Å². The third-order valence-electron chi connectivity index (χ3n) is 10.8. The standard InChI is InChI=1S/C38H48BN11O4/c1-5-29-34-25(18-42-50(34)23-19-49(20-23)38(39,54)30-12-8-11-27(45-30)37(53)47(3)6-2)24-9-7-10-26(33(24)48(29)4)44-28(32(41)36(52)43-22-15-16-22)17-31(40)46-35(51)21-13-14-21/h7-12,17-18,21-23,29,44,54H,5-6,13-16,19-20,40-41H2,1-4H3,(H,43,52)(H,46,51)/b31-17+,32-28+. The number of hydrogen-bond donors (Lipinski definition) is 6. The predicted octanol–water partition coefficient (Wildman–Crippen LogP) is 1.95. The van der Waals surface area contributed by atoms with Gasteiger partial charge < -0.3 is 42.3 Å². The molecule has 2 unspecified atom stereocenters. The number of carbonyl (C=O) groups is 3. The van der Waals surface area contributed by atoms with Gasteiger partial charge in [0.15, 0.2) is 0 Å². The number of nitrogens with two attached hydrogens (primary N) is 2. The van der Waals surface area contributed by atoms with Gasteiger partial charge in [-0.15, -0.1) is 0 Å². The van der Waals surface area contributed by atoms with Gasteiger partial charge in [-0.2, -0.15) is 5.10 Å². The Morgan fingerprint density at radius 1 is 1.07 bits per heavy atom. The van der Waals surface area contributed by atoms with Crippen molar-refractivity contribution in [1.29, 1.82) is 0 Å². The minimum Gasteiger partial charge on any atom is -0.393 e. The van der Waals surface area contributed by atoms with Gasteiger partial charge in [0, 0.05) is 62.9 Å². The minimum atomic E-state index is -1.89. The number of aliphatic hydroxyl groups is 1. The molecule has 2 aliphatic heterocycles. The van der Waals surface area contributed by atoms with Gasteiger partial charge in [-0.1, -0.05) is 25.1 Å². The molecule has 0 bridgehead atoms. The topological polar surface area (TPSA) is 200 Å². The fourth-order valence-corrected chi connectivity index (χ4v) is 7.12. The maximum atomic E-state index is 13.1. The molecule has 4 heterocycles. The summed E-state index contributed by atoms with van der Waals surface area (Å²) in [6.07, 6.45) is 7.58. The molecule has 2 saturated carbocycles. The summed E-state index contributed by atoms with van der Waals surface area (Å²) >= 11 is 0. The zero-order chi connectivity index (χ0) is 38.5. The van der Waals surface area contributed by atoms with Gasteiger partial charge in [-0.05, 0) is 57.2 Å². The molecule has 2 atom stereocenters. The zero-order valence-electron chi connectivity index (χ0n) is 31.2. The van der Waals surface area contributed by atoms with Crippen molar-refractivity contribution in [3.8, 4) is 11.1 Å². The van der Waals surface area contributed by atoms with E-state index in [2.05, 4.69) is 32.8 Å². The average Bonchev–Trinajstić information content (AvgIpc) is 4.08. The van der Waals surface area contributed by atoms with Crippen molar-refractivity contribution < 1.29 is 19.5 Å². The first-order valence-electron chi connectivity index (χ1n) is 18.6. The Morgan fingerprint density at radius 2 is 1.80 bits per heavy atom. The van der Waals surface area contributed by atoms with E-state index in [-0.39, 0.29) is 64.5 Å². The number of benzene rings is 1. The van der Waals surface area contributed by atoms with Gasteiger partial charge in [-0.3, -0.25) is 24.0 Å². The van der Waals surface area contributed by atoms with E-state index in [4.69, 9.17) is 24.4 Å². The van der Waals surface area contributed by atoms with Crippen LogP contribution >= 0.6 is 0 Å². The molecule has 0 spiro atoms. The van der Waals surface area contributed by atoms with Gasteiger partial charge in [0.05, 0.1) is 46.7 Å². The van der Waals surface area contributed by atoms with E-state index in [1.807, 2.05) is 43.0 Å². The number of para-hydroxylation sites is 1. The van der Waals surface area contributed by atoms with E-state index in [1.54, 1.807) is 35.0 Å². The number of fused-ring (bicyclic) bond motifs is 3. The van der Waals surface area contributed by atoms with Crippen LogP contribution in [0.3, 0.4) is 0 Å². The van der Waals surface area contributed by atoms with Crippen LogP contribution in [0.25, 0.3) is 11.1 Å². The number of carbonyl (C=O) groups excluding carboxylic acids is 3. The minimum absolute atomic E-state index is 0.0432. The van der Waals surface area contributed by atoms with Crippen molar-refractivity contribution in [3.63, 3.8) is 0 Å². The van der Waals surface area contributed by atoms with Crippen LogP contribution in [0.1, 0.15) is 79.9 Å². The van der Waals surface area contributed by atoms with Gasteiger partial charge in [0.1, 0.15) is 30.7 Å². The summed E-state index contributed by atoms with van der Waals surface area (Å²) < 4.78 is 2.02. The summed E-state index contributed by atoms with van der Waals surface area (Å²) in [5.74, 6) is -0.775. The number of nitrogens with zero attached hydrogens (tertiary/aromatic N) is 6. The SMILES string of the molecule is [B]C(O)(c1cccc(C(=O)N(C)CC)n1)N1CC(n2ncc3c2C(CC)N(C)c2c(NC(/C=C(\N)NC(=O)C4CC4)=C(/N)C(=O)NC4CC4)cccc2-3)C1. The summed E-state index contributed by atoms with van der Waals surface area (Å²) in [4.78, 5) is 48.3. The Hall–Kier alpha value is -5.35. The number of rotatable bonds is 13. The maximum absolute atomic E-state index is 13.1. The van der Waals surface area contributed by atoms with Gasteiger partial charge in [0.25, 0.3) is 11.8 Å². The molecule has 54 heavy (non-hydrogen) atoms. The molecule has 3 fully saturated rings. The Labute approximate surface area is 316 Å². The number of aromatic nitrogens is 3. The van der Waals surface area contributed by atoms with E-state index >= 15 is 0 Å². The molecule has 4 aliphatic rings. The van der Waals surface area contributed by atoms with Crippen LogP contribution in [0.2, 0.25) is 0 Å². The second kappa shape index (κ2) is 14.5. The van der Waals surface area contributed by atoms with Crippen LogP contribution in [0.4, 0.5) is 11.4 Å². The highest BCUT2D eigenvalue weighted by Gasteiger charge is 2.44. The zero-order valence-corrected chi connectivity index (χ0v) is 31.2. The quantitative estimate of drug-likeness (QED) is 0.0853. The van der Waals surface area contributed by atoms with Crippen molar-refractivity contribution in [3.05, 3.63) is 83.0 Å². The summed E-state index contributed by atoms with van der Waals surface area (Å²) in [5.41, 5.74) is 16.0. The molecule has 16 heteroatoms. The lowest BCUT2D eigenvalue weighted by Gasteiger charge is -2.49. The lowest BCUT2D eigenvalue weighted by Crippen LogP contribution is -2.59. The number of anilines is 2. The predicted molar refractivity (Wildman–Crippen MR) is 205 cm³/mol. The van der Waals surface area contributed by atoms with Crippen LogP contribution in [0.15, 0.2) is 65.9 Å². The molecule has 1 saturated heterocycles. The third kappa shape index (κ3) is 7.03. The van der Waals surface area contributed by atoms with Crippen molar-refractivity contribution >= 4 is 36.9 Å². The second-order valence-electron chi connectivity index (χ2n) is 14.7. The van der Waals surface area contributed by atoms with E-state index < -0.39 is 11.5 Å². The number of likely N-dealkylation sites (tertiary alicyclic amines) is 1. The van der Waals surface area contributed by atoms with Crippen LogP contribution in [-0.4, -0.2) is 95.0 Å². The fourth-order valence-electron chi connectivity index (χ4n) is 7.12. The fraction of sp³-hybridized carbons (Fsp3) is 0.447. The molecular formula is C38H48BN11O4. The molecule has 2 aliphatic carbocycles. The lowest BCUT2D eigenvalue weighted by atomic mass is 9.82. The smallest absolute Gasteiger partial charge is 0.272 e. The van der Waals surface area contributed by atoms with E-state index in [0.29, 0.717) is 25.3 Å². The maximum Gasteiger partial charge on any atom is 0.272 e. The molecule has 8 N–H and O–H groups in total. The molecular weight excluding hydrogens is 685 g/mol. The van der Waals surface area contributed by atoms with Crippen molar-refractivity contribution in [2.45, 2.75) is 69.7 Å². The molecule has 282 valence electrons. The summed E-state index contributed by atoms with van der Waals surface area (Å²) in [6, 6.07) is 10.7. The molecule has 2 radical (unpaired) electrons. The van der Waals surface area contributed by atoms with E-state index in [0.717, 1.165) is 54.6 Å². The van der Waals surface area contributed by atoms with Gasteiger partial charge >= 0.3 is 0 Å². The highest BCUT2D eigenvalue weighted by molar-refractivity contribution is 6.14. The normalized spacial score (nSPS) is 20.1. The second-order valence-corrected chi connectivity index (χ2v) is 14.7. The number of pyridine rings is 1. The van der Waals surface area contributed by atoms with Gasteiger partial charge in [0.2, 0.25) is 5.91 Å². The first-order valence-corrected chi connectivity index (χ1v) is 18.6. The molecule has 1 aromatic carbocycles. The third-order valence-corrected chi connectivity index (χ3v) is 10.8. The Kier molecular flexibility index (Phi) is 9.91. The Balaban J connectivity index is 1.16. The van der Waals surface area contributed by atoms with E-state index in [9.17, 15) is 19.5 Å². The average molecular weight is 734 g/mol. The molecule has 15 nitrogen and oxygen atoms in total. The first kappa shape index (κ1) is 37.0. The Morgan fingerprint density at radius 3 is 2.46 bits per heavy atom. The molecule has 7 rings (SSSR count). The first-order chi connectivity index (χ1) is 25.8. The van der Waals surface area contributed by atoms with Crippen molar-refractivity contribution in [1.82, 2.24) is 35.2 Å². The largest absolute Gasteiger partial charge is 0.393 e. The number of allylic oxidation sites excluding steroid dienone is 1. The van der Waals surface area contributed by atoms with Crippen LogP contribution in [0.5, 0.6) is 0 Å². The molecule has 3 aromatic rings. The number of amides is 3. The highest BCUT2D eigenvalue weighted by atomic mass is 16.3. The summed E-state index contributed by atoms with van der Waals surface area (Å²) in [7, 11) is 10.2. The Bertz CT molecular complexity index is 2030. The highest BCUT2D eigenvalue weighted by Crippen LogP contribution is 2.50. The summed E-state index contributed by atoms with van der Waals surface area (Å²) in [5, 5.41) is 25.4. The monoisotopic (exact) mass is 733 g/mol. The van der Waals surface area contributed by atoms with E-state index in [1.165, 1.54) is 6.08 Å². The van der Waals surface area contributed by atoms with Crippen molar-refractivity contribution in [2.75, 3.05) is 43.9 Å². The molecule has 3 amide bonds. The summed E-state index contributed by atoms with van der Waals surface area (Å²) in [6.45, 7) is 5.33. The van der Waals surface area contributed by atoms with Crippen LogP contribution in [0, 0.1) is 5.92 Å². The molecule has 2 aromatic heterocycles. The lowest BCUT2D eigenvalue weighted by molar-refractivity contribution is -0.121. The number of nitrogens with one attached hydrogen (secondary N) is 3. The number of hydrogen-bond acceptors (Lipinski definition) is 11. The van der Waals surface area contributed by atoms with Crippen LogP contribution < -0.4 is 32.3 Å².